The van der Waals surface area contributed by atoms with Gasteiger partial charge in [-0.25, -0.2) is 4.79 Å². The van der Waals surface area contributed by atoms with Crippen molar-refractivity contribution in [3.8, 4) is 0 Å². The number of fused-ring (bicyclic) bond motifs is 3. The van der Waals surface area contributed by atoms with E-state index in [9.17, 15) is 14.4 Å². The summed E-state index contributed by atoms with van der Waals surface area (Å²) in [5.74, 6) is -0.678. The van der Waals surface area contributed by atoms with Gasteiger partial charge in [0.05, 0.1) is 11.0 Å². The van der Waals surface area contributed by atoms with Gasteiger partial charge in [-0.15, -0.1) is 0 Å². The van der Waals surface area contributed by atoms with Crippen molar-refractivity contribution in [2.24, 2.45) is 7.05 Å². The molecule has 136 valence electrons. The predicted molar refractivity (Wildman–Crippen MR) is 96.1 cm³/mol. The monoisotopic (exact) mass is 355 g/mol. The van der Waals surface area contributed by atoms with Crippen molar-refractivity contribution < 1.29 is 9.59 Å². The minimum atomic E-state index is -0.637. The van der Waals surface area contributed by atoms with Crippen LogP contribution in [-0.2, 0) is 16.6 Å². The van der Waals surface area contributed by atoms with Crippen LogP contribution in [0.1, 0.15) is 25.3 Å². The Morgan fingerprint density at radius 2 is 2.00 bits per heavy atom. The van der Waals surface area contributed by atoms with E-state index in [2.05, 4.69) is 15.5 Å². The van der Waals surface area contributed by atoms with Crippen LogP contribution in [-0.4, -0.2) is 46.1 Å². The Balaban J connectivity index is 1.58. The van der Waals surface area contributed by atoms with Gasteiger partial charge in [0.1, 0.15) is 6.04 Å². The molecule has 8 heteroatoms. The molecule has 0 spiro atoms. The molecule has 2 aromatic rings. The lowest BCUT2D eigenvalue weighted by Gasteiger charge is -2.29. The number of hydrogen-bond donors (Lipinski definition) is 2. The van der Waals surface area contributed by atoms with Crippen molar-refractivity contribution in [1.29, 1.82) is 0 Å². The van der Waals surface area contributed by atoms with Crippen molar-refractivity contribution in [3.05, 3.63) is 28.7 Å². The van der Waals surface area contributed by atoms with E-state index in [4.69, 9.17) is 0 Å². The van der Waals surface area contributed by atoms with Crippen LogP contribution in [0.25, 0.3) is 11.0 Å². The van der Waals surface area contributed by atoms with Gasteiger partial charge in [-0.1, -0.05) is 0 Å². The molecule has 1 unspecified atom stereocenters. The van der Waals surface area contributed by atoms with Crippen LogP contribution < -0.4 is 21.2 Å². The van der Waals surface area contributed by atoms with Crippen LogP contribution >= 0.6 is 0 Å². The smallest absolute Gasteiger partial charge is 0.329 e. The SMILES string of the molecule is Cn1c(=O)n(C2CCC(=O)NC2=O)c2ccc(N3C[C@@H]4C[C@H]3CN4)cc21. The summed E-state index contributed by atoms with van der Waals surface area (Å²) in [7, 11) is 1.73. The molecule has 1 aromatic heterocycles. The summed E-state index contributed by atoms with van der Waals surface area (Å²) in [5.41, 5.74) is 2.44. The van der Waals surface area contributed by atoms with Gasteiger partial charge in [-0.2, -0.15) is 0 Å². The molecule has 0 saturated carbocycles. The van der Waals surface area contributed by atoms with Crippen molar-refractivity contribution in [1.82, 2.24) is 19.8 Å². The van der Waals surface area contributed by atoms with E-state index < -0.39 is 11.9 Å². The van der Waals surface area contributed by atoms with Gasteiger partial charge in [0.2, 0.25) is 11.8 Å². The molecule has 1 aromatic carbocycles. The summed E-state index contributed by atoms with van der Waals surface area (Å²) in [6.45, 7) is 1.98. The zero-order valence-electron chi connectivity index (χ0n) is 14.6. The van der Waals surface area contributed by atoms with Gasteiger partial charge in [0.15, 0.2) is 0 Å². The van der Waals surface area contributed by atoms with Gasteiger partial charge in [0.25, 0.3) is 0 Å². The number of aryl methyl sites for hydroxylation is 1. The van der Waals surface area contributed by atoms with E-state index in [1.54, 1.807) is 11.6 Å². The summed E-state index contributed by atoms with van der Waals surface area (Å²) < 4.78 is 3.12. The van der Waals surface area contributed by atoms with Crippen LogP contribution in [0.2, 0.25) is 0 Å². The highest BCUT2D eigenvalue weighted by Crippen LogP contribution is 2.32. The lowest BCUT2D eigenvalue weighted by molar-refractivity contribution is -0.135. The molecule has 3 saturated heterocycles. The summed E-state index contributed by atoms with van der Waals surface area (Å²) >= 11 is 0. The predicted octanol–water partition coefficient (Wildman–Crippen LogP) is -0.132. The Kier molecular flexibility index (Phi) is 3.27. The molecule has 2 bridgehead atoms. The van der Waals surface area contributed by atoms with Gasteiger partial charge in [-0.05, 0) is 31.0 Å². The fourth-order valence-electron chi connectivity index (χ4n) is 4.64. The molecule has 3 aliphatic heterocycles. The minimum Gasteiger partial charge on any atom is -0.366 e. The summed E-state index contributed by atoms with van der Waals surface area (Å²) in [6, 6.07) is 6.42. The summed E-state index contributed by atoms with van der Waals surface area (Å²) in [4.78, 5) is 38.9. The molecule has 2 amide bonds. The molecule has 26 heavy (non-hydrogen) atoms. The van der Waals surface area contributed by atoms with Gasteiger partial charge in [0, 0.05) is 44.3 Å². The third-order valence-corrected chi connectivity index (χ3v) is 5.98. The maximum absolute atomic E-state index is 12.8. The van der Waals surface area contributed by atoms with Crippen molar-refractivity contribution in [3.63, 3.8) is 0 Å². The third kappa shape index (κ3) is 2.14. The normalized spacial score (nSPS) is 28.2. The van der Waals surface area contributed by atoms with Crippen LogP contribution in [0.5, 0.6) is 0 Å². The van der Waals surface area contributed by atoms with Crippen molar-refractivity contribution >= 4 is 28.5 Å². The third-order valence-electron chi connectivity index (χ3n) is 5.98. The zero-order valence-corrected chi connectivity index (χ0v) is 14.6. The van der Waals surface area contributed by atoms with Crippen LogP contribution in [0.4, 0.5) is 5.69 Å². The topological polar surface area (TPSA) is 88.4 Å². The molecule has 2 N–H and O–H groups in total. The molecular weight excluding hydrogens is 334 g/mol. The first kappa shape index (κ1) is 15.6. The second-order valence-corrected chi connectivity index (χ2v) is 7.50. The molecule has 3 aliphatic rings. The molecule has 0 radical (unpaired) electrons. The summed E-state index contributed by atoms with van der Waals surface area (Å²) in [5, 5.41) is 5.84. The first-order valence-corrected chi connectivity index (χ1v) is 9.07. The van der Waals surface area contributed by atoms with Crippen LogP contribution in [0.15, 0.2) is 23.0 Å². The fourth-order valence-corrected chi connectivity index (χ4v) is 4.64. The van der Waals surface area contributed by atoms with E-state index in [-0.39, 0.29) is 18.0 Å². The number of carbonyl (C=O) groups excluding carboxylic acids is 2. The average Bonchev–Trinajstić information content (AvgIpc) is 3.31. The highest BCUT2D eigenvalue weighted by atomic mass is 16.2. The Labute approximate surface area is 149 Å². The second-order valence-electron chi connectivity index (χ2n) is 7.50. The zero-order chi connectivity index (χ0) is 18.0. The maximum atomic E-state index is 12.8. The second kappa shape index (κ2) is 5.44. The number of hydrogen-bond acceptors (Lipinski definition) is 5. The highest BCUT2D eigenvalue weighted by Gasteiger charge is 2.38. The molecule has 0 aliphatic carbocycles. The van der Waals surface area contributed by atoms with Crippen LogP contribution in [0, 0.1) is 0 Å². The van der Waals surface area contributed by atoms with E-state index in [0.717, 1.165) is 36.2 Å². The van der Waals surface area contributed by atoms with Gasteiger partial charge >= 0.3 is 5.69 Å². The van der Waals surface area contributed by atoms with E-state index >= 15 is 0 Å². The Morgan fingerprint density at radius 1 is 1.15 bits per heavy atom. The van der Waals surface area contributed by atoms with Crippen LogP contribution in [0.3, 0.4) is 0 Å². The van der Waals surface area contributed by atoms with E-state index in [1.165, 1.54) is 4.57 Å². The first-order chi connectivity index (χ1) is 12.5. The number of aromatic nitrogens is 2. The van der Waals surface area contributed by atoms with Crippen molar-refractivity contribution in [2.75, 3.05) is 18.0 Å². The Bertz CT molecular complexity index is 991. The molecule has 5 rings (SSSR count). The summed E-state index contributed by atoms with van der Waals surface area (Å²) in [6.07, 6.45) is 1.77. The lowest BCUT2D eigenvalue weighted by Crippen LogP contribution is -2.44. The molecule has 8 nitrogen and oxygen atoms in total. The van der Waals surface area contributed by atoms with Gasteiger partial charge in [-0.3, -0.25) is 24.0 Å². The first-order valence-electron chi connectivity index (χ1n) is 9.07. The number of imide groups is 1. The maximum Gasteiger partial charge on any atom is 0.329 e. The number of nitrogens with zero attached hydrogens (tertiary/aromatic N) is 3. The number of rotatable bonds is 2. The molecular formula is C18H21N5O3. The molecule has 3 atom stereocenters. The fraction of sp³-hybridized carbons (Fsp3) is 0.500. The minimum absolute atomic E-state index is 0.226. The van der Waals surface area contributed by atoms with Gasteiger partial charge < -0.3 is 10.2 Å². The number of piperazine rings is 1. The number of imidazole rings is 1. The largest absolute Gasteiger partial charge is 0.366 e. The Morgan fingerprint density at radius 3 is 2.69 bits per heavy atom. The average molecular weight is 355 g/mol. The standard InChI is InChI=1S/C18H21N5O3/c1-21-15-7-11(22-9-10-6-12(22)8-19-10)2-3-13(15)23(18(21)26)14-4-5-16(24)20-17(14)25/h2-3,7,10,12,14,19H,4-6,8-9H2,1H3,(H,20,24,25)/t10-,12-,14?/m0/s1. The van der Waals surface area contributed by atoms with E-state index in [0.29, 0.717) is 18.5 Å². The number of piperidine rings is 1. The number of amides is 2. The quantitative estimate of drug-likeness (QED) is 0.733. The highest BCUT2D eigenvalue weighted by molar-refractivity contribution is 6.00. The number of benzene rings is 1. The van der Waals surface area contributed by atoms with E-state index in [1.807, 2.05) is 18.2 Å². The lowest BCUT2D eigenvalue weighted by atomic mass is 10.1. The number of anilines is 1. The number of nitrogens with one attached hydrogen (secondary N) is 2. The molecule has 3 fully saturated rings. The van der Waals surface area contributed by atoms with Crippen molar-refractivity contribution in [2.45, 2.75) is 37.4 Å². The number of carbonyl (C=O) groups is 2. The Hall–Kier alpha value is -2.61. The molecule has 4 heterocycles.